The van der Waals surface area contributed by atoms with E-state index in [2.05, 4.69) is 15.0 Å². The van der Waals surface area contributed by atoms with Crippen LogP contribution in [-0.2, 0) is 10.0 Å². The monoisotopic (exact) mass is 486 g/mol. The molecule has 4 N–H and O–H groups in total. The molecule has 1 aliphatic rings. The Morgan fingerprint density at radius 3 is 2.58 bits per heavy atom. The van der Waals surface area contributed by atoms with Gasteiger partial charge in [-0.1, -0.05) is 19.3 Å². The molecule has 9 heteroatoms. The lowest BCUT2D eigenvalue weighted by atomic mass is 9.96. The number of hydrogen-bond acceptors (Lipinski definition) is 4. The first-order chi connectivity index (χ1) is 10.9. The first-order valence-electron chi connectivity index (χ1n) is 8.01. The number of rotatable bonds is 6. The van der Waals surface area contributed by atoms with Gasteiger partial charge in [0.2, 0.25) is 10.0 Å². The van der Waals surface area contributed by atoms with Gasteiger partial charge in [0.25, 0.3) is 0 Å². The molecular weight excluding hydrogens is 459 g/mol. The molecule has 1 aromatic heterocycles. The van der Waals surface area contributed by atoms with Crippen molar-refractivity contribution in [2.24, 2.45) is 10.7 Å². The molecule has 1 heterocycles. The third-order valence-corrected chi connectivity index (χ3v) is 6.61. The summed E-state index contributed by atoms with van der Waals surface area (Å²) in [5, 5.41) is 3.21. The van der Waals surface area contributed by atoms with Crippen LogP contribution in [0.4, 0.5) is 0 Å². The van der Waals surface area contributed by atoms with E-state index in [-0.39, 0.29) is 30.5 Å². The van der Waals surface area contributed by atoms with E-state index in [1.165, 1.54) is 30.6 Å². The van der Waals surface area contributed by atoms with Crippen molar-refractivity contribution in [1.82, 2.24) is 10.0 Å². The first kappa shape index (κ1) is 21.7. The molecule has 0 bridgehead atoms. The highest BCUT2D eigenvalue weighted by molar-refractivity contribution is 14.0. The van der Waals surface area contributed by atoms with E-state index < -0.39 is 10.0 Å². The van der Waals surface area contributed by atoms with Gasteiger partial charge in [-0.05, 0) is 32.8 Å². The highest BCUT2D eigenvalue weighted by Crippen LogP contribution is 2.24. The van der Waals surface area contributed by atoms with E-state index in [1.54, 1.807) is 6.07 Å². The SMILES string of the molecule is Cc1cc(S(=O)(=O)NCCN=C(N)NC2CCCCC2)c(C)s1.I. The molecule has 1 aliphatic carbocycles. The summed E-state index contributed by atoms with van der Waals surface area (Å²) in [5.41, 5.74) is 5.86. The second-order valence-corrected chi connectivity index (χ2v) is 9.12. The van der Waals surface area contributed by atoms with Gasteiger partial charge in [0.15, 0.2) is 5.96 Å². The minimum atomic E-state index is -3.47. The second kappa shape index (κ2) is 9.93. The van der Waals surface area contributed by atoms with E-state index in [0.717, 1.165) is 22.6 Å². The standard InChI is InChI=1S/C15H26N4O2S2.HI/c1-11-10-14(12(2)22-11)23(20,21)18-9-8-17-15(16)19-13-6-4-3-5-7-13;/h10,13,18H,3-9H2,1-2H3,(H3,16,17,19);1H. The van der Waals surface area contributed by atoms with Crippen LogP contribution in [0, 0.1) is 13.8 Å². The van der Waals surface area contributed by atoms with Gasteiger partial charge in [-0.15, -0.1) is 35.3 Å². The lowest BCUT2D eigenvalue weighted by Gasteiger charge is -2.23. The number of aliphatic imine (C=N–C) groups is 1. The third-order valence-electron chi connectivity index (χ3n) is 3.93. The summed E-state index contributed by atoms with van der Waals surface area (Å²) in [5.74, 6) is 0.402. The van der Waals surface area contributed by atoms with Crippen LogP contribution in [0.5, 0.6) is 0 Å². The fourth-order valence-electron chi connectivity index (χ4n) is 2.81. The fourth-order valence-corrected chi connectivity index (χ4v) is 5.38. The smallest absolute Gasteiger partial charge is 0.241 e. The van der Waals surface area contributed by atoms with Crippen LogP contribution in [-0.4, -0.2) is 33.5 Å². The van der Waals surface area contributed by atoms with Crippen molar-refractivity contribution in [3.05, 3.63) is 15.8 Å². The third kappa shape index (κ3) is 6.49. The number of nitrogens with one attached hydrogen (secondary N) is 2. The van der Waals surface area contributed by atoms with Crippen molar-refractivity contribution >= 4 is 51.3 Å². The van der Waals surface area contributed by atoms with E-state index in [0.29, 0.717) is 23.4 Å². The van der Waals surface area contributed by atoms with Crippen molar-refractivity contribution < 1.29 is 8.42 Å². The van der Waals surface area contributed by atoms with Crippen molar-refractivity contribution in [3.8, 4) is 0 Å². The topological polar surface area (TPSA) is 96.6 Å². The number of halogens is 1. The van der Waals surface area contributed by atoms with Gasteiger partial charge >= 0.3 is 0 Å². The largest absolute Gasteiger partial charge is 0.370 e. The van der Waals surface area contributed by atoms with Crippen LogP contribution in [0.1, 0.15) is 41.9 Å². The molecular formula is C15H27IN4O2S2. The van der Waals surface area contributed by atoms with Crippen LogP contribution >= 0.6 is 35.3 Å². The van der Waals surface area contributed by atoms with Gasteiger partial charge in [-0.25, -0.2) is 13.1 Å². The first-order valence-corrected chi connectivity index (χ1v) is 10.3. The fraction of sp³-hybridized carbons (Fsp3) is 0.667. The molecule has 0 aromatic carbocycles. The van der Waals surface area contributed by atoms with Crippen LogP contribution in [0.25, 0.3) is 0 Å². The number of nitrogens with zero attached hydrogens (tertiary/aromatic N) is 1. The zero-order valence-corrected chi connectivity index (χ0v) is 18.1. The van der Waals surface area contributed by atoms with Crippen molar-refractivity contribution in [2.75, 3.05) is 13.1 Å². The van der Waals surface area contributed by atoms with Crippen molar-refractivity contribution in [3.63, 3.8) is 0 Å². The van der Waals surface area contributed by atoms with Crippen LogP contribution in [0.15, 0.2) is 16.0 Å². The second-order valence-electron chi connectivity index (χ2n) is 5.92. The van der Waals surface area contributed by atoms with Gasteiger partial charge in [-0.2, -0.15) is 0 Å². The summed E-state index contributed by atoms with van der Waals surface area (Å²) in [6.45, 7) is 4.28. The van der Waals surface area contributed by atoms with E-state index >= 15 is 0 Å². The van der Waals surface area contributed by atoms with Crippen LogP contribution < -0.4 is 15.8 Å². The summed E-state index contributed by atoms with van der Waals surface area (Å²) in [6, 6.07) is 2.10. The summed E-state index contributed by atoms with van der Waals surface area (Å²) in [4.78, 5) is 6.35. The number of hydrogen-bond donors (Lipinski definition) is 3. The summed E-state index contributed by atoms with van der Waals surface area (Å²) < 4.78 is 27.0. The average molecular weight is 486 g/mol. The maximum Gasteiger partial charge on any atom is 0.241 e. The molecule has 24 heavy (non-hydrogen) atoms. The molecule has 2 rings (SSSR count). The van der Waals surface area contributed by atoms with E-state index in [4.69, 9.17) is 5.73 Å². The molecule has 0 amide bonds. The number of thiophene rings is 1. The van der Waals surface area contributed by atoms with Crippen molar-refractivity contribution in [1.29, 1.82) is 0 Å². The number of aryl methyl sites for hydroxylation is 2. The Morgan fingerprint density at radius 2 is 2.00 bits per heavy atom. The lowest BCUT2D eigenvalue weighted by Crippen LogP contribution is -2.41. The van der Waals surface area contributed by atoms with E-state index in [9.17, 15) is 8.42 Å². The number of guanidine groups is 1. The molecule has 0 aliphatic heterocycles. The summed E-state index contributed by atoms with van der Waals surface area (Å²) >= 11 is 1.48. The maximum atomic E-state index is 12.2. The van der Waals surface area contributed by atoms with Gasteiger partial charge in [0.05, 0.1) is 11.4 Å². The van der Waals surface area contributed by atoms with Gasteiger partial charge in [0, 0.05) is 22.3 Å². The molecule has 6 nitrogen and oxygen atoms in total. The van der Waals surface area contributed by atoms with Gasteiger partial charge < -0.3 is 11.1 Å². The zero-order valence-electron chi connectivity index (χ0n) is 14.2. The summed E-state index contributed by atoms with van der Waals surface area (Å²) in [7, 11) is -3.47. The maximum absolute atomic E-state index is 12.2. The molecule has 0 atom stereocenters. The van der Waals surface area contributed by atoms with Crippen LogP contribution in [0.3, 0.4) is 0 Å². The normalized spacial score (nSPS) is 16.7. The van der Waals surface area contributed by atoms with E-state index in [1.807, 2.05) is 13.8 Å². The highest BCUT2D eigenvalue weighted by atomic mass is 127. The molecule has 1 fully saturated rings. The number of nitrogens with two attached hydrogens (primary N) is 1. The predicted molar refractivity (Wildman–Crippen MR) is 111 cm³/mol. The van der Waals surface area contributed by atoms with Gasteiger partial charge in [-0.3, -0.25) is 4.99 Å². The molecule has 138 valence electrons. The Hall–Kier alpha value is -0.390. The predicted octanol–water partition coefficient (Wildman–Crippen LogP) is 2.50. The molecule has 1 saturated carbocycles. The molecule has 0 unspecified atom stereocenters. The van der Waals surface area contributed by atoms with Gasteiger partial charge in [0.1, 0.15) is 0 Å². The summed E-state index contributed by atoms with van der Waals surface area (Å²) in [6.07, 6.45) is 5.99. The quantitative estimate of drug-likeness (QED) is 0.249. The molecule has 0 spiro atoms. The Morgan fingerprint density at radius 1 is 1.33 bits per heavy atom. The Bertz CT molecular complexity index is 652. The Kier molecular flexibility index (Phi) is 8.96. The van der Waals surface area contributed by atoms with Crippen LogP contribution in [0.2, 0.25) is 0 Å². The molecule has 0 radical (unpaired) electrons. The lowest BCUT2D eigenvalue weighted by molar-refractivity contribution is 0.412. The minimum absolute atomic E-state index is 0. The zero-order chi connectivity index (χ0) is 16.9. The van der Waals surface area contributed by atoms with Crippen molar-refractivity contribution in [2.45, 2.75) is 56.9 Å². The Labute approximate surface area is 165 Å². The average Bonchev–Trinajstić information content (AvgIpc) is 2.84. The molecule has 1 aromatic rings. The highest BCUT2D eigenvalue weighted by Gasteiger charge is 2.18. The number of sulfonamides is 1. The molecule has 0 saturated heterocycles. The Balaban J connectivity index is 0.00000288. The minimum Gasteiger partial charge on any atom is -0.370 e.